The lowest BCUT2D eigenvalue weighted by Crippen LogP contribution is -2.33. The number of Topliss-reactive ketones (excluding diaryl/α,β-unsaturated/α-hetero) is 1. The molecule has 1 aromatic rings. The Balaban J connectivity index is 2.62. The number of benzene rings is 1. The monoisotopic (exact) mass is 413 g/mol. The first-order valence-corrected chi connectivity index (χ1v) is 9.97. The van der Waals surface area contributed by atoms with Crippen molar-refractivity contribution >= 4 is 21.8 Å². The molecule has 0 aromatic heterocycles. The van der Waals surface area contributed by atoms with Gasteiger partial charge < -0.3 is 18.9 Å². The SMILES string of the molecule is CCS(=O)(=O)N(C)C1=C(OC(C)=O)C(=O)C(C)(c2cc(OC)cc(OC)c2)O1. The molecule has 2 rings (SSSR count). The zero-order valence-corrected chi connectivity index (χ0v) is 17.4. The van der Waals surface area contributed by atoms with Crippen LogP contribution in [0.25, 0.3) is 0 Å². The number of carbonyl (C=O) groups excluding carboxylic acids is 2. The molecular weight excluding hydrogens is 390 g/mol. The van der Waals surface area contributed by atoms with Crippen molar-refractivity contribution in [2.24, 2.45) is 0 Å². The van der Waals surface area contributed by atoms with Gasteiger partial charge in [0.05, 0.1) is 20.0 Å². The van der Waals surface area contributed by atoms with E-state index >= 15 is 0 Å². The topological polar surface area (TPSA) is 108 Å². The molecule has 0 bridgehead atoms. The average Bonchev–Trinajstić information content (AvgIpc) is 2.92. The molecule has 0 saturated carbocycles. The molecule has 0 saturated heterocycles. The van der Waals surface area contributed by atoms with Crippen LogP contribution in [0.15, 0.2) is 29.8 Å². The molecule has 0 radical (unpaired) electrons. The van der Waals surface area contributed by atoms with Crippen LogP contribution in [0, 0.1) is 0 Å². The van der Waals surface area contributed by atoms with Crippen molar-refractivity contribution in [3.63, 3.8) is 0 Å². The maximum Gasteiger partial charge on any atom is 0.308 e. The minimum Gasteiger partial charge on any atom is -0.497 e. The maximum atomic E-state index is 13.1. The highest BCUT2D eigenvalue weighted by atomic mass is 32.2. The van der Waals surface area contributed by atoms with Gasteiger partial charge in [-0.15, -0.1) is 0 Å². The van der Waals surface area contributed by atoms with Crippen LogP contribution in [0.4, 0.5) is 0 Å². The fraction of sp³-hybridized carbons (Fsp3) is 0.444. The molecule has 1 aromatic carbocycles. The van der Waals surface area contributed by atoms with E-state index in [4.69, 9.17) is 18.9 Å². The van der Waals surface area contributed by atoms with E-state index < -0.39 is 33.1 Å². The first-order valence-electron chi connectivity index (χ1n) is 8.36. The van der Waals surface area contributed by atoms with Crippen LogP contribution in [-0.4, -0.2) is 51.5 Å². The number of methoxy groups -OCH3 is 2. The number of sulfonamides is 1. The summed E-state index contributed by atoms with van der Waals surface area (Å²) in [6.45, 7) is 4.00. The first-order chi connectivity index (χ1) is 13.0. The van der Waals surface area contributed by atoms with Gasteiger partial charge in [-0.1, -0.05) is 0 Å². The fourth-order valence-corrected chi connectivity index (χ4v) is 3.39. The number of hydrogen-bond donors (Lipinski definition) is 0. The molecule has 1 unspecified atom stereocenters. The molecule has 0 fully saturated rings. The van der Waals surface area contributed by atoms with Crippen LogP contribution in [-0.2, 0) is 34.7 Å². The molecule has 0 N–H and O–H groups in total. The molecule has 28 heavy (non-hydrogen) atoms. The number of rotatable bonds is 7. The molecule has 1 atom stereocenters. The Kier molecular flexibility index (Phi) is 5.93. The van der Waals surface area contributed by atoms with E-state index in [9.17, 15) is 18.0 Å². The van der Waals surface area contributed by atoms with Crippen molar-refractivity contribution in [1.82, 2.24) is 4.31 Å². The van der Waals surface area contributed by atoms with E-state index in [-0.39, 0.29) is 11.6 Å². The van der Waals surface area contributed by atoms with Gasteiger partial charge in [0.25, 0.3) is 11.7 Å². The van der Waals surface area contributed by atoms with Crippen LogP contribution in [0.3, 0.4) is 0 Å². The minimum atomic E-state index is -3.77. The number of ether oxygens (including phenoxy) is 4. The van der Waals surface area contributed by atoms with E-state index in [2.05, 4.69) is 0 Å². The molecule has 10 heteroatoms. The van der Waals surface area contributed by atoms with Crippen LogP contribution in [0.1, 0.15) is 26.3 Å². The summed E-state index contributed by atoms with van der Waals surface area (Å²) in [5, 5.41) is 0. The Labute approximate surface area is 163 Å². The zero-order chi connectivity index (χ0) is 21.3. The van der Waals surface area contributed by atoms with Crippen molar-refractivity contribution in [1.29, 1.82) is 0 Å². The summed E-state index contributed by atoms with van der Waals surface area (Å²) in [7, 11) is 0.355. The highest BCUT2D eigenvalue weighted by molar-refractivity contribution is 7.89. The quantitative estimate of drug-likeness (QED) is 0.619. The lowest BCUT2D eigenvalue weighted by Gasteiger charge is -2.27. The maximum absolute atomic E-state index is 13.1. The molecule has 1 aliphatic rings. The Morgan fingerprint density at radius 2 is 1.71 bits per heavy atom. The van der Waals surface area contributed by atoms with Crippen molar-refractivity contribution < 1.29 is 37.0 Å². The number of nitrogens with zero attached hydrogens (tertiary/aromatic N) is 1. The predicted octanol–water partition coefficient (Wildman–Crippen LogP) is 1.53. The lowest BCUT2D eigenvalue weighted by atomic mass is 9.91. The second kappa shape index (κ2) is 7.70. The summed E-state index contributed by atoms with van der Waals surface area (Å²) in [6.07, 6.45) is 0. The Morgan fingerprint density at radius 3 is 2.14 bits per heavy atom. The van der Waals surface area contributed by atoms with Crippen LogP contribution in [0.2, 0.25) is 0 Å². The summed E-state index contributed by atoms with van der Waals surface area (Å²) in [6, 6.07) is 4.73. The smallest absolute Gasteiger partial charge is 0.308 e. The summed E-state index contributed by atoms with van der Waals surface area (Å²) >= 11 is 0. The second-order valence-electron chi connectivity index (χ2n) is 6.16. The van der Waals surface area contributed by atoms with Gasteiger partial charge >= 0.3 is 5.97 Å². The number of esters is 1. The molecule has 0 amide bonds. The molecule has 1 heterocycles. The molecular formula is C18H23NO8S. The Bertz CT molecular complexity index is 915. The van der Waals surface area contributed by atoms with Gasteiger partial charge in [0.2, 0.25) is 15.8 Å². The number of carbonyl (C=O) groups is 2. The normalized spacial score (nSPS) is 19.3. The van der Waals surface area contributed by atoms with Crippen LogP contribution >= 0.6 is 0 Å². The van der Waals surface area contributed by atoms with Gasteiger partial charge in [0.15, 0.2) is 5.60 Å². The summed E-state index contributed by atoms with van der Waals surface area (Å²) in [4.78, 5) is 24.6. The van der Waals surface area contributed by atoms with E-state index in [1.54, 1.807) is 18.2 Å². The standard InChI is InChI=1S/C18H23NO8S/c1-7-28(22,23)19(4)17-15(26-11(2)20)16(21)18(3,27-17)12-8-13(24-5)10-14(9-12)25-6/h8-10H,7H2,1-6H3. The van der Waals surface area contributed by atoms with E-state index in [0.29, 0.717) is 17.1 Å². The Morgan fingerprint density at radius 1 is 1.18 bits per heavy atom. The van der Waals surface area contributed by atoms with Crippen molar-refractivity contribution in [2.45, 2.75) is 26.4 Å². The van der Waals surface area contributed by atoms with Crippen LogP contribution < -0.4 is 9.47 Å². The summed E-state index contributed by atoms with van der Waals surface area (Å²) in [5.74, 6) is -1.73. The van der Waals surface area contributed by atoms with E-state index in [0.717, 1.165) is 11.2 Å². The lowest BCUT2D eigenvalue weighted by molar-refractivity contribution is -0.142. The number of hydrogen-bond acceptors (Lipinski definition) is 8. The third kappa shape index (κ3) is 3.77. The summed E-state index contributed by atoms with van der Waals surface area (Å²) in [5.41, 5.74) is -1.31. The van der Waals surface area contributed by atoms with E-state index in [1.807, 2.05) is 0 Å². The molecule has 9 nitrogen and oxygen atoms in total. The van der Waals surface area contributed by atoms with Gasteiger partial charge in [0, 0.05) is 25.6 Å². The largest absolute Gasteiger partial charge is 0.497 e. The van der Waals surface area contributed by atoms with Crippen molar-refractivity contribution in [2.75, 3.05) is 27.0 Å². The highest BCUT2D eigenvalue weighted by Gasteiger charge is 2.52. The van der Waals surface area contributed by atoms with Crippen molar-refractivity contribution in [3.05, 3.63) is 35.4 Å². The van der Waals surface area contributed by atoms with Gasteiger partial charge in [-0.25, -0.2) is 12.7 Å². The predicted molar refractivity (Wildman–Crippen MR) is 99.0 cm³/mol. The zero-order valence-electron chi connectivity index (χ0n) is 16.6. The van der Waals surface area contributed by atoms with Gasteiger partial charge in [-0.05, 0) is 26.0 Å². The van der Waals surface area contributed by atoms with Gasteiger partial charge in [0.1, 0.15) is 11.5 Å². The second-order valence-corrected chi connectivity index (χ2v) is 8.45. The van der Waals surface area contributed by atoms with Gasteiger partial charge in [-0.2, -0.15) is 0 Å². The van der Waals surface area contributed by atoms with Crippen LogP contribution in [0.5, 0.6) is 11.5 Å². The first kappa shape index (κ1) is 21.5. The fourth-order valence-electron chi connectivity index (χ4n) is 2.63. The van der Waals surface area contributed by atoms with Crippen molar-refractivity contribution in [3.8, 4) is 11.5 Å². The Hall–Kier alpha value is -2.75. The van der Waals surface area contributed by atoms with E-state index in [1.165, 1.54) is 35.1 Å². The average molecular weight is 413 g/mol. The number of ketones is 1. The highest BCUT2D eigenvalue weighted by Crippen LogP contribution is 2.42. The molecule has 1 aliphatic heterocycles. The third-order valence-electron chi connectivity index (χ3n) is 4.35. The molecule has 0 spiro atoms. The minimum absolute atomic E-state index is 0.235. The molecule has 0 aliphatic carbocycles. The molecule has 154 valence electrons. The summed E-state index contributed by atoms with van der Waals surface area (Å²) < 4.78 is 46.7. The van der Waals surface area contributed by atoms with Gasteiger partial charge in [-0.3, -0.25) is 9.59 Å². The third-order valence-corrected chi connectivity index (χ3v) is 6.08.